The van der Waals surface area contributed by atoms with Crippen molar-refractivity contribution in [2.24, 2.45) is 0 Å². The van der Waals surface area contributed by atoms with E-state index in [9.17, 15) is 38.0 Å². The number of methoxy groups -OCH3 is 1. The number of hydrogen-bond donors (Lipinski definition) is 3. The van der Waals surface area contributed by atoms with Crippen molar-refractivity contribution < 1.29 is 42.3 Å². The van der Waals surface area contributed by atoms with E-state index in [1.807, 2.05) is 0 Å². The van der Waals surface area contributed by atoms with Crippen LogP contribution in [0.15, 0.2) is 71.1 Å². The van der Waals surface area contributed by atoms with Gasteiger partial charge in [0.1, 0.15) is 5.70 Å². The number of carbonyl (C=O) groups excluding carboxylic acids is 2. The van der Waals surface area contributed by atoms with E-state index in [2.05, 4.69) is 15.4 Å². The third-order valence-corrected chi connectivity index (χ3v) is 7.17. The molecule has 1 aliphatic heterocycles. The maximum absolute atomic E-state index is 14.0. The number of carbonyl (C=O) groups is 2. The molecule has 0 aromatic heterocycles. The van der Waals surface area contributed by atoms with Crippen LogP contribution in [-0.2, 0) is 19.1 Å². The van der Waals surface area contributed by atoms with Crippen LogP contribution in [-0.4, -0.2) is 55.0 Å². The van der Waals surface area contributed by atoms with Crippen molar-refractivity contribution in [2.75, 3.05) is 26.8 Å². The molecule has 0 saturated heterocycles. The molecule has 2 unspecified atom stereocenters. The summed E-state index contributed by atoms with van der Waals surface area (Å²) in [6.45, 7) is 2.19. The molecule has 3 N–H and O–H groups in total. The Balaban J connectivity index is 0.00000705. The number of halogens is 5. The highest BCUT2D eigenvalue weighted by molar-refractivity contribution is 6.30. The Morgan fingerprint density at radius 3 is 2.42 bits per heavy atom. The van der Waals surface area contributed by atoms with E-state index in [1.165, 1.54) is 19.1 Å². The highest BCUT2D eigenvalue weighted by Crippen LogP contribution is 2.44. The van der Waals surface area contributed by atoms with Crippen molar-refractivity contribution in [1.29, 1.82) is 0 Å². The number of aliphatic hydroxyl groups excluding tert-OH is 1. The Kier molecular flexibility index (Phi) is 14.3. The Morgan fingerprint density at radius 1 is 1.09 bits per heavy atom. The zero-order chi connectivity index (χ0) is 32.4. The number of rotatable bonds is 14. The molecule has 246 valence electrons. The zero-order valence-corrected chi connectivity index (χ0v) is 26.1. The summed E-state index contributed by atoms with van der Waals surface area (Å²) in [4.78, 5) is 36.6. The van der Waals surface area contributed by atoms with Crippen LogP contribution in [0.2, 0.25) is 5.02 Å². The molecule has 3 rings (SSSR count). The minimum Gasteiger partial charge on any atom is -0.466 e. The van der Waals surface area contributed by atoms with E-state index in [4.69, 9.17) is 16.3 Å². The van der Waals surface area contributed by atoms with Gasteiger partial charge < -0.3 is 25.2 Å². The van der Waals surface area contributed by atoms with Gasteiger partial charge in [0.05, 0.1) is 41.8 Å². The van der Waals surface area contributed by atoms with Crippen LogP contribution in [0.5, 0.6) is 0 Å². The Morgan fingerprint density at radius 2 is 1.78 bits per heavy atom. The summed E-state index contributed by atoms with van der Waals surface area (Å²) in [5.74, 6) is -3.96. The van der Waals surface area contributed by atoms with E-state index >= 15 is 0 Å². The minimum atomic E-state index is -5.03. The summed E-state index contributed by atoms with van der Waals surface area (Å²) >= 11 is 5.95. The quantitative estimate of drug-likeness (QED) is 0.0945. The van der Waals surface area contributed by atoms with Crippen LogP contribution in [0, 0.1) is 10.1 Å². The van der Waals surface area contributed by atoms with Gasteiger partial charge in [0.25, 0.3) is 5.69 Å². The largest absolute Gasteiger partial charge is 0.466 e. The third kappa shape index (κ3) is 10.2. The number of ether oxygens (including phenoxy) is 2. The van der Waals surface area contributed by atoms with E-state index in [-0.39, 0.29) is 35.8 Å². The highest BCUT2D eigenvalue weighted by Gasteiger charge is 2.47. The maximum atomic E-state index is 14.0. The summed E-state index contributed by atoms with van der Waals surface area (Å²) in [5.41, 5.74) is -2.64. The molecule has 2 aromatic rings. The molecule has 0 amide bonds. The molecule has 2 aromatic carbocycles. The van der Waals surface area contributed by atoms with Crippen molar-refractivity contribution >= 4 is 41.6 Å². The van der Waals surface area contributed by atoms with Gasteiger partial charge in [0, 0.05) is 29.4 Å². The Bertz CT molecular complexity index is 1430. The van der Waals surface area contributed by atoms with Crippen LogP contribution >= 0.6 is 24.0 Å². The highest BCUT2D eigenvalue weighted by atomic mass is 35.5. The summed E-state index contributed by atoms with van der Waals surface area (Å²) in [7, 11) is 0.897. The molecule has 0 bridgehead atoms. The number of nitro groups is 1. The number of dihydropyridines is 1. The SMILES string of the molecule is COC(=O)C1=C(C(F)(F)F)NC(C)=C(C(=O)OCCCCCCNCC(O)c2cccc(Cl)c2)C1c1cccc([N+](=O)[O-])c1.Cl. The van der Waals surface area contributed by atoms with Gasteiger partial charge in [-0.25, -0.2) is 9.59 Å². The molecule has 0 radical (unpaired) electrons. The smallest absolute Gasteiger partial charge is 0.431 e. The molecule has 0 aliphatic carbocycles. The first-order valence-electron chi connectivity index (χ1n) is 13.8. The van der Waals surface area contributed by atoms with E-state index < -0.39 is 52.0 Å². The lowest BCUT2D eigenvalue weighted by Crippen LogP contribution is -2.38. The number of hydrogen-bond acceptors (Lipinski definition) is 9. The fourth-order valence-corrected chi connectivity index (χ4v) is 5.02. The summed E-state index contributed by atoms with van der Waals surface area (Å²) < 4.78 is 52.1. The molecular weight excluding hydrogens is 642 g/mol. The lowest BCUT2D eigenvalue weighted by Gasteiger charge is -2.31. The van der Waals surface area contributed by atoms with Crippen molar-refractivity contribution in [1.82, 2.24) is 10.6 Å². The zero-order valence-electron chi connectivity index (χ0n) is 24.5. The molecule has 15 heteroatoms. The summed E-state index contributed by atoms with van der Waals surface area (Å²) in [6.07, 6.45) is -3.02. The number of allylic oxidation sites excluding steroid dienone is 2. The van der Waals surface area contributed by atoms with Gasteiger partial charge in [0.2, 0.25) is 0 Å². The average molecular weight is 677 g/mol. The standard InChI is InChI=1S/C30H33ClF3N3O7.ClH/c1-18-24(29(40)44-14-6-4-3-5-13-35-17-23(38)19-9-7-11-21(31)15-19)25(20-10-8-12-22(16-20)37(41)42)26(28(39)43-2)27(36-18)30(32,33)34;/h7-12,15-16,23,25,35-36,38H,3-6,13-14,17H2,1-2H3;1H. The number of benzene rings is 2. The van der Waals surface area contributed by atoms with Crippen molar-refractivity contribution in [3.8, 4) is 0 Å². The lowest BCUT2D eigenvalue weighted by molar-refractivity contribution is -0.384. The second-order valence-corrected chi connectivity index (χ2v) is 10.5. The molecule has 2 atom stereocenters. The van der Waals surface area contributed by atoms with Crippen molar-refractivity contribution in [3.63, 3.8) is 0 Å². The number of unbranched alkanes of at least 4 members (excludes halogenated alkanes) is 3. The predicted octanol–water partition coefficient (Wildman–Crippen LogP) is 6.05. The van der Waals surface area contributed by atoms with E-state index in [0.717, 1.165) is 32.1 Å². The van der Waals surface area contributed by atoms with Gasteiger partial charge in [-0.05, 0) is 49.6 Å². The topological polar surface area (TPSA) is 140 Å². The molecular formula is C30H34Cl2F3N3O7. The monoisotopic (exact) mass is 675 g/mol. The fourth-order valence-electron chi connectivity index (χ4n) is 4.82. The number of esters is 2. The molecule has 10 nitrogen and oxygen atoms in total. The lowest BCUT2D eigenvalue weighted by atomic mass is 9.80. The third-order valence-electron chi connectivity index (χ3n) is 6.94. The second kappa shape index (κ2) is 17.2. The molecule has 45 heavy (non-hydrogen) atoms. The van der Waals surface area contributed by atoms with Gasteiger partial charge in [0.15, 0.2) is 0 Å². The first-order valence-corrected chi connectivity index (χ1v) is 14.2. The number of nitro benzene ring substituents is 1. The maximum Gasteiger partial charge on any atom is 0.431 e. The van der Waals surface area contributed by atoms with Gasteiger partial charge in [-0.3, -0.25) is 10.1 Å². The molecule has 1 heterocycles. The average Bonchev–Trinajstić information content (AvgIpc) is 2.98. The van der Waals surface area contributed by atoms with E-state index in [0.29, 0.717) is 36.5 Å². The van der Waals surface area contributed by atoms with Gasteiger partial charge >= 0.3 is 18.1 Å². The fraction of sp³-hybridized carbons (Fsp3) is 0.400. The van der Waals surface area contributed by atoms with Gasteiger partial charge in [-0.2, -0.15) is 13.2 Å². The molecule has 1 aliphatic rings. The van der Waals surface area contributed by atoms with Crippen LogP contribution in [0.3, 0.4) is 0 Å². The summed E-state index contributed by atoms with van der Waals surface area (Å²) in [5, 5.41) is 27.4. The second-order valence-electron chi connectivity index (χ2n) is 10.1. The van der Waals surface area contributed by atoms with Crippen LogP contribution in [0.4, 0.5) is 18.9 Å². The minimum absolute atomic E-state index is 0. The molecule has 0 saturated carbocycles. The normalized spacial score (nSPS) is 15.6. The van der Waals surface area contributed by atoms with E-state index in [1.54, 1.807) is 24.3 Å². The van der Waals surface area contributed by atoms with Gasteiger partial charge in [-0.15, -0.1) is 12.4 Å². The van der Waals surface area contributed by atoms with Crippen molar-refractivity contribution in [3.05, 3.63) is 97.3 Å². The first-order chi connectivity index (χ1) is 20.8. The molecule has 0 spiro atoms. The number of aliphatic hydroxyl groups is 1. The van der Waals surface area contributed by atoms with Gasteiger partial charge in [-0.1, -0.05) is 48.7 Å². The number of non-ortho nitro benzene ring substituents is 1. The number of alkyl halides is 3. The number of nitrogens with one attached hydrogen (secondary N) is 2. The van der Waals surface area contributed by atoms with Crippen LogP contribution < -0.4 is 10.6 Å². The molecule has 0 fully saturated rings. The Labute approximate surface area is 269 Å². The number of nitrogens with zero attached hydrogens (tertiary/aromatic N) is 1. The van der Waals surface area contributed by atoms with Crippen LogP contribution in [0.25, 0.3) is 0 Å². The first kappa shape index (κ1) is 37.5. The summed E-state index contributed by atoms with van der Waals surface area (Å²) in [6, 6.07) is 11.7. The predicted molar refractivity (Wildman–Crippen MR) is 163 cm³/mol. The Hall–Kier alpha value is -3.65. The van der Waals surface area contributed by atoms with Crippen molar-refractivity contribution in [2.45, 2.75) is 50.8 Å². The van der Waals surface area contributed by atoms with Crippen LogP contribution in [0.1, 0.15) is 55.8 Å².